The third-order valence-electron chi connectivity index (χ3n) is 0. The van der Waals surface area contributed by atoms with Crippen LogP contribution in [0.5, 0.6) is 0 Å². The third kappa shape index (κ3) is 18.9. The van der Waals surface area contributed by atoms with Gasteiger partial charge in [0.05, 0.1) is 0 Å². The minimum absolute atomic E-state index is 0.0556. The molecule has 0 aromatic carbocycles. The van der Waals surface area contributed by atoms with E-state index >= 15 is 0 Å². The normalized spacial score (nSPS) is 1.75. The minimum atomic E-state index is 0.0556. The van der Waals surface area contributed by atoms with Gasteiger partial charge in [-0.2, -0.15) is 0 Å². The van der Waals surface area contributed by atoms with E-state index in [9.17, 15) is 0 Å². The van der Waals surface area contributed by atoms with Crippen LogP contribution in [0.25, 0.3) is 0 Å². The Morgan fingerprint density at radius 3 is 1.25 bits per heavy atom. The molecule has 0 saturated carbocycles. The number of hydrogen-bond acceptors (Lipinski definition) is 2. The van der Waals surface area contributed by atoms with Crippen LogP contribution in [0.1, 0.15) is 0 Å². The summed E-state index contributed by atoms with van der Waals surface area (Å²) in [5.74, 6) is 0. The molecule has 0 N–H and O–H groups in total. The predicted molar refractivity (Wildman–Crippen MR) is 14.3 cm³/mol. The Kier molecular flexibility index (Phi) is 154. The average molecular weight is 251 g/mol. The average Bonchev–Trinajstić information content (AvgIpc) is 1.50. The van der Waals surface area contributed by atoms with Crippen LogP contribution in [0, 0.1) is 0 Å². The van der Waals surface area contributed by atoms with Crippen molar-refractivity contribution < 1.29 is 7.39 Å². The molecular weight excluding hydrogens is 250 g/mol. The maximum atomic E-state index is 8.39. The van der Waals surface area contributed by atoms with Crippen molar-refractivity contribution in [2.45, 2.75) is 0 Å². The molecule has 0 saturated heterocycles. The molecule has 0 bridgehead atoms. The van der Waals surface area contributed by atoms with Crippen LogP contribution in [0.15, 0.2) is 0 Å². The van der Waals surface area contributed by atoms with Crippen LogP contribution in [0.2, 0.25) is 0 Å². The second kappa shape index (κ2) is 69.7. The van der Waals surface area contributed by atoms with Gasteiger partial charge in [0.2, 0.25) is 0 Å². The Hall–Kier alpha value is 0.587. The summed E-state index contributed by atoms with van der Waals surface area (Å²) in [6.45, 7) is 0. The molecule has 0 aromatic heterocycles. The number of rotatable bonds is 0. The second-order valence-corrected chi connectivity index (χ2v) is 0. The molecule has 4 heteroatoms. The first kappa shape index (κ1) is 8.82. The van der Waals surface area contributed by atoms with Gasteiger partial charge in [-0.3, -0.25) is 0 Å². The molecule has 0 amide bonds. The fourth-order valence-corrected chi connectivity index (χ4v) is 0. The number of hydrogen-bond donors (Lipinski definition) is 0. The Balaban J connectivity index is 0. The van der Waals surface area contributed by atoms with E-state index in [4.69, 9.17) is 7.39 Å². The first-order chi connectivity index (χ1) is 2.00. The summed E-state index contributed by atoms with van der Waals surface area (Å²) < 4.78 is 16.4. The summed E-state index contributed by atoms with van der Waals surface area (Å²) in [5, 5.41) is 0. The Morgan fingerprint density at radius 1 is 1.25 bits per heavy atom. The first-order valence-corrected chi connectivity index (χ1v) is 2.08. The zero-order chi connectivity index (χ0) is 4.00. The van der Waals surface area contributed by atoms with E-state index in [0.29, 0.717) is 0 Å². The van der Waals surface area contributed by atoms with Gasteiger partial charge in [-0.25, -0.2) is 0 Å². The van der Waals surface area contributed by atoms with E-state index in [2.05, 4.69) is 0 Å². The molecule has 2 radical (unpaired) electrons. The van der Waals surface area contributed by atoms with Crippen LogP contribution >= 0.6 is 0 Å². The van der Waals surface area contributed by atoms with Gasteiger partial charge in [0, 0.05) is 0 Å². The van der Waals surface area contributed by atoms with Gasteiger partial charge >= 0.3 is 40.9 Å². The molecule has 0 aromatic rings. The molecule has 0 aliphatic heterocycles. The van der Waals surface area contributed by atoms with Crippen molar-refractivity contribution in [3.63, 3.8) is 0 Å². The molecule has 0 atom stereocenters. The monoisotopic (exact) mass is 252 g/mol. The zero-order valence-electron chi connectivity index (χ0n) is 2.02. The maximum absolute atomic E-state index is 8.39. The van der Waals surface area contributed by atoms with Gasteiger partial charge in [-0.05, 0) is 0 Å². The molecule has 20 valence electrons. The molecule has 4 heavy (non-hydrogen) atoms. The van der Waals surface area contributed by atoms with Gasteiger partial charge in [0.1, 0.15) is 0 Å². The summed E-state index contributed by atoms with van der Waals surface area (Å²) in [6, 6.07) is 0. The molecule has 0 spiro atoms. The van der Waals surface area contributed by atoms with E-state index in [-0.39, 0.29) is 25.8 Å². The van der Waals surface area contributed by atoms with E-state index in [0.717, 1.165) is 0 Å². The summed E-state index contributed by atoms with van der Waals surface area (Å²) in [7, 11) is 2.00. The van der Waals surface area contributed by atoms with Crippen LogP contribution in [-0.4, -0.2) is 33.5 Å². The molecule has 0 aliphatic rings. The van der Waals surface area contributed by atoms with E-state index in [1.54, 1.807) is 0 Å². The zero-order valence-corrected chi connectivity index (χ0v) is 5.91. The van der Waals surface area contributed by atoms with Crippen molar-refractivity contribution in [1.82, 2.24) is 0 Å². The third-order valence-corrected chi connectivity index (χ3v) is 0. The summed E-state index contributed by atoms with van der Waals surface area (Å²) in [6.07, 6.45) is 0. The Labute approximate surface area is 41.2 Å². The van der Waals surface area contributed by atoms with E-state index in [1.165, 1.54) is 0 Å². The standard InChI is InChI=1S/BHO.O.Pb/c1-2;;/h1H;;. The van der Waals surface area contributed by atoms with Gasteiger partial charge < -0.3 is 0 Å². The summed E-state index contributed by atoms with van der Waals surface area (Å²) in [4.78, 5) is 0. The van der Waals surface area contributed by atoms with Crippen molar-refractivity contribution in [2.75, 3.05) is 0 Å². The SMILES string of the molecule is B=O.[O]=[Pb]. The molecule has 2 nitrogen and oxygen atoms in total. The van der Waals surface area contributed by atoms with Crippen molar-refractivity contribution in [2.24, 2.45) is 0 Å². The molecule has 0 fully saturated rings. The molecule has 0 rings (SSSR count). The second-order valence-electron chi connectivity index (χ2n) is 0. The summed E-state index contributed by atoms with van der Waals surface area (Å²) >= 11 is 0.0556. The van der Waals surface area contributed by atoms with Crippen molar-refractivity contribution in [3.8, 4) is 0 Å². The van der Waals surface area contributed by atoms with Gasteiger partial charge in [0.25, 0.3) is 0 Å². The molecule has 0 heterocycles. The van der Waals surface area contributed by atoms with Gasteiger partial charge in [0.15, 0.2) is 0 Å². The van der Waals surface area contributed by atoms with E-state index < -0.39 is 0 Å². The van der Waals surface area contributed by atoms with Crippen molar-refractivity contribution >= 4 is 33.5 Å². The van der Waals surface area contributed by atoms with Crippen molar-refractivity contribution in [1.29, 1.82) is 0 Å². The van der Waals surface area contributed by atoms with Crippen molar-refractivity contribution in [3.05, 3.63) is 0 Å². The molecular formula is HBO2Pb. The van der Waals surface area contributed by atoms with Gasteiger partial charge in [-0.15, -0.1) is 0 Å². The first-order valence-electron chi connectivity index (χ1n) is 0.493. The quantitative estimate of drug-likeness (QED) is 0.503. The summed E-state index contributed by atoms with van der Waals surface area (Å²) in [5.41, 5.74) is 0. The molecule has 0 unspecified atom stereocenters. The Morgan fingerprint density at radius 2 is 1.25 bits per heavy atom. The van der Waals surface area contributed by atoms with E-state index in [1.807, 2.05) is 7.72 Å². The fourth-order valence-electron chi connectivity index (χ4n) is 0. The van der Waals surface area contributed by atoms with Crippen LogP contribution in [0.3, 0.4) is 0 Å². The van der Waals surface area contributed by atoms with Crippen LogP contribution in [-0.2, 0) is 7.39 Å². The molecule has 0 aliphatic carbocycles. The van der Waals surface area contributed by atoms with Crippen LogP contribution < -0.4 is 0 Å². The van der Waals surface area contributed by atoms with Crippen LogP contribution in [0.4, 0.5) is 0 Å². The Bertz CT molecular complexity index is 8.00. The fraction of sp³-hybridized carbons (Fsp3) is 0. The van der Waals surface area contributed by atoms with Gasteiger partial charge in [-0.1, -0.05) is 0 Å². The predicted octanol–water partition coefficient (Wildman–Crippen LogP) is -1.27. The topological polar surface area (TPSA) is 34.1 Å².